The summed E-state index contributed by atoms with van der Waals surface area (Å²) in [4.78, 5) is 26.8. The van der Waals surface area contributed by atoms with Crippen LogP contribution in [0.2, 0.25) is 0 Å². The summed E-state index contributed by atoms with van der Waals surface area (Å²) in [6.07, 6.45) is 2.77. The van der Waals surface area contributed by atoms with Gasteiger partial charge in [-0.3, -0.25) is 4.79 Å². The predicted octanol–water partition coefficient (Wildman–Crippen LogP) is 3.79. The number of aryl methyl sites for hydroxylation is 1. The van der Waals surface area contributed by atoms with Crippen molar-refractivity contribution in [3.05, 3.63) is 39.8 Å². The maximum atomic E-state index is 12.5. The van der Waals surface area contributed by atoms with Crippen LogP contribution in [0, 0.1) is 6.92 Å². The van der Waals surface area contributed by atoms with Crippen molar-refractivity contribution in [1.82, 2.24) is 20.4 Å². The van der Waals surface area contributed by atoms with Crippen molar-refractivity contribution in [2.75, 3.05) is 18.4 Å². The van der Waals surface area contributed by atoms with Crippen LogP contribution >= 0.6 is 11.3 Å². The van der Waals surface area contributed by atoms with Crippen molar-refractivity contribution in [2.45, 2.75) is 52.0 Å². The summed E-state index contributed by atoms with van der Waals surface area (Å²) in [5.41, 5.74) is 1.77. The van der Waals surface area contributed by atoms with E-state index in [0.29, 0.717) is 11.6 Å². The fraction of sp³-hybridized carbons (Fsp3) is 0.500. The molecule has 0 radical (unpaired) electrons. The highest BCUT2D eigenvalue weighted by Crippen LogP contribution is 2.29. The molecule has 1 fully saturated rings. The van der Waals surface area contributed by atoms with E-state index in [0.717, 1.165) is 42.1 Å². The Balaban J connectivity index is 1.63. The maximum absolute atomic E-state index is 12.5. The molecule has 2 aromatic rings. The summed E-state index contributed by atoms with van der Waals surface area (Å²) in [6, 6.07) is 7.76. The molecule has 2 heterocycles. The van der Waals surface area contributed by atoms with Crippen molar-refractivity contribution >= 4 is 29.0 Å². The zero-order chi connectivity index (χ0) is 20.1. The van der Waals surface area contributed by atoms with Gasteiger partial charge in [-0.2, -0.15) is 0 Å². The van der Waals surface area contributed by atoms with Gasteiger partial charge < -0.3 is 15.5 Å². The summed E-state index contributed by atoms with van der Waals surface area (Å²) in [7, 11) is 0. The number of hydrogen-bond acceptors (Lipinski definition) is 5. The van der Waals surface area contributed by atoms with Gasteiger partial charge in [0.1, 0.15) is 5.01 Å². The third-order valence-electron chi connectivity index (χ3n) is 5.07. The molecule has 1 aliphatic heterocycles. The van der Waals surface area contributed by atoms with Gasteiger partial charge in [0.05, 0.1) is 0 Å². The number of anilines is 1. The number of aromatic nitrogens is 2. The number of nitrogens with zero attached hydrogens (tertiary/aromatic N) is 3. The maximum Gasteiger partial charge on any atom is 0.317 e. The lowest BCUT2D eigenvalue weighted by Crippen LogP contribution is -2.47. The molecule has 1 aromatic heterocycles. The summed E-state index contributed by atoms with van der Waals surface area (Å²) in [5, 5.41) is 15.4. The smallest absolute Gasteiger partial charge is 0.317 e. The van der Waals surface area contributed by atoms with Gasteiger partial charge in [0.15, 0.2) is 0 Å². The van der Waals surface area contributed by atoms with Gasteiger partial charge in [-0.05, 0) is 44.7 Å². The van der Waals surface area contributed by atoms with Gasteiger partial charge in [0.25, 0.3) is 5.91 Å². The van der Waals surface area contributed by atoms with Gasteiger partial charge in [0, 0.05) is 30.7 Å². The molecule has 3 rings (SSSR count). The van der Waals surface area contributed by atoms with Crippen molar-refractivity contribution in [1.29, 1.82) is 0 Å². The molecule has 3 amide bonds. The van der Waals surface area contributed by atoms with E-state index < -0.39 is 0 Å². The number of likely N-dealkylation sites (tertiary alicyclic amines) is 1. The highest BCUT2D eigenvalue weighted by molar-refractivity contribution is 7.13. The Kier molecular flexibility index (Phi) is 6.61. The molecule has 28 heavy (non-hydrogen) atoms. The first-order valence-electron chi connectivity index (χ1n) is 9.73. The number of amides is 3. The number of para-hydroxylation sites is 1. The molecule has 0 spiro atoms. The number of nitrogens with one attached hydrogen (secondary N) is 2. The Morgan fingerprint density at radius 1 is 1.32 bits per heavy atom. The molecule has 2 unspecified atom stereocenters. The SMILES string of the molecule is CCC(C)NC(=O)N1CCCC(c2nnc(C(=O)Nc3ccccc3C)s2)C1. The third-order valence-corrected chi connectivity index (χ3v) is 6.15. The van der Waals surface area contributed by atoms with Crippen molar-refractivity contribution < 1.29 is 9.59 Å². The lowest BCUT2D eigenvalue weighted by molar-refractivity contribution is 0.102. The Labute approximate surface area is 169 Å². The number of hydrogen-bond donors (Lipinski definition) is 2. The van der Waals surface area contributed by atoms with Gasteiger partial charge in [-0.25, -0.2) is 4.79 Å². The average molecular weight is 402 g/mol. The van der Waals surface area contributed by atoms with Crippen LogP contribution in [0.15, 0.2) is 24.3 Å². The number of benzene rings is 1. The Morgan fingerprint density at radius 2 is 2.11 bits per heavy atom. The molecule has 150 valence electrons. The molecular weight excluding hydrogens is 374 g/mol. The second-order valence-electron chi connectivity index (χ2n) is 7.26. The second-order valence-corrected chi connectivity index (χ2v) is 8.27. The van der Waals surface area contributed by atoms with Gasteiger partial charge >= 0.3 is 6.03 Å². The minimum Gasteiger partial charge on any atom is -0.336 e. The van der Waals surface area contributed by atoms with Crippen LogP contribution in [0.5, 0.6) is 0 Å². The highest BCUT2D eigenvalue weighted by Gasteiger charge is 2.28. The normalized spacial score (nSPS) is 17.8. The Bertz CT molecular complexity index is 838. The van der Waals surface area contributed by atoms with Gasteiger partial charge in [0.2, 0.25) is 5.01 Å². The third kappa shape index (κ3) is 4.86. The van der Waals surface area contributed by atoms with Crippen molar-refractivity contribution in [2.24, 2.45) is 0 Å². The van der Waals surface area contributed by atoms with E-state index in [9.17, 15) is 9.59 Å². The average Bonchev–Trinajstić information content (AvgIpc) is 3.20. The minimum absolute atomic E-state index is 0.0268. The van der Waals surface area contributed by atoms with Crippen molar-refractivity contribution in [3.63, 3.8) is 0 Å². The van der Waals surface area contributed by atoms with Gasteiger partial charge in [-0.15, -0.1) is 10.2 Å². The lowest BCUT2D eigenvalue weighted by Gasteiger charge is -2.32. The molecule has 8 heteroatoms. The largest absolute Gasteiger partial charge is 0.336 e. The molecule has 2 N–H and O–H groups in total. The number of carbonyl (C=O) groups is 2. The van der Waals surface area contributed by atoms with Crippen LogP contribution in [-0.4, -0.2) is 46.2 Å². The molecule has 0 saturated carbocycles. The number of rotatable bonds is 5. The molecular formula is C20H27N5O2S. The van der Waals surface area contributed by atoms with E-state index in [2.05, 4.69) is 27.8 Å². The summed E-state index contributed by atoms with van der Waals surface area (Å²) in [6.45, 7) is 7.36. The van der Waals surface area contributed by atoms with Crippen LogP contribution in [0.4, 0.5) is 10.5 Å². The summed E-state index contributed by atoms with van der Waals surface area (Å²) < 4.78 is 0. The monoisotopic (exact) mass is 401 g/mol. The van der Waals surface area contributed by atoms with E-state index in [1.165, 1.54) is 11.3 Å². The quantitative estimate of drug-likeness (QED) is 0.798. The topological polar surface area (TPSA) is 87.2 Å². The molecule has 2 atom stereocenters. The fourth-order valence-electron chi connectivity index (χ4n) is 3.15. The number of carbonyl (C=O) groups excluding carboxylic acids is 2. The lowest BCUT2D eigenvalue weighted by atomic mass is 9.99. The number of urea groups is 1. The molecule has 0 bridgehead atoms. The van der Waals surface area contributed by atoms with Crippen LogP contribution in [-0.2, 0) is 0 Å². The van der Waals surface area contributed by atoms with E-state index in [-0.39, 0.29) is 23.9 Å². The van der Waals surface area contributed by atoms with Crippen molar-refractivity contribution in [3.8, 4) is 0 Å². The van der Waals surface area contributed by atoms with Gasteiger partial charge in [-0.1, -0.05) is 36.5 Å². The van der Waals surface area contributed by atoms with Crippen LogP contribution < -0.4 is 10.6 Å². The fourth-order valence-corrected chi connectivity index (χ4v) is 4.01. The van der Waals surface area contributed by atoms with E-state index in [1.807, 2.05) is 43.0 Å². The van der Waals surface area contributed by atoms with E-state index in [1.54, 1.807) is 0 Å². The zero-order valence-electron chi connectivity index (χ0n) is 16.6. The molecule has 0 aliphatic carbocycles. The van der Waals surface area contributed by atoms with Crippen LogP contribution in [0.1, 0.15) is 59.4 Å². The predicted molar refractivity (Wildman–Crippen MR) is 111 cm³/mol. The minimum atomic E-state index is -0.250. The Hall–Kier alpha value is -2.48. The summed E-state index contributed by atoms with van der Waals surface area (Å²) in [5.74, 6) is -0.130. The van der Waals surface area contributed by atoms with E-state index >= 15 is 0 Å². The Morgan fingerprint density at radius 3 is 2.86 bits per heavy atom. The molecule has 1 aromatic carbocycles. The molecule has 1 aliphatic rings. The number of piperidine rings is 1. The van der Waals surface area contributed by atoms with Crippen LogP contribution in [0.3, 0.4) is 0 Å². The first-order chi connectivity index (χ1) is 13.5. The standard InChI is InChI=1S/C20H27N5O2S/c1-4-14(3)21-20(27)25-11-7-9-15(12-25)18-23-24-19(28-18)17(26)22-16-10-6-5-8-13(16)2/h5-6,8,10,14-15H,4,7,9,11-12H2,1-3H3,(H,21,27)(H,22,26). The molecule has 1 saturated heterocycles. The zero-order valence-corrected chi connectivity index (χ0v) is 17.4. The first-order valence-corrected chi connectivity index (χ1v) is 10.6. The molecule has 7 nitrogen and oxygen atoms in total. The highest BCUT2D eigenvalue weighted by atomic mass is 32.1. The second kappa shape index (κ2) is 9.14. The van der Waals surface area contributed by atoms with Crippen LogP contribution in [0.25, 0.3) is 0 Å². The summed E-state index contributed by atoms with van der Waals surface area (Å²) >= 11 is 1.31. The van der Waals surface area contributed by atoms with E-state index in [4.69, 9.17) is 0 Å². The first kappa shape index (κ1) is 20.3.